The zero-order valence-electron chi connectivity index (χ0n) is 15.0. The second-order valence-corrected chi connectivity index (χ2v) is 7.26. The highest BCUT2D eigenvalue weighted by Crippen LogP contribution is 2.22. The number of amides is 1. The molecule has 1 amide bonds. The van der Waals surface area contributed by atoms with Crippen LogP contribution in [0.15, 0.2) is 24.3 Å². The number of benzene rings is 1. The minimum atomic E-state index is -0.470. The van der Waals surface area contributed by atoms with Crippen LogP contribution in [0.1, 0.15) is 33.6 Å². The van der Waals surface area contributed by atoms with Crippen molar-refractivity contribution in [2.75, 3.05) is 31.8 Å². The van der Waals surface area contributed by atoms with Gasteiger partial charge in [-0.3, -0.25) is 10.3 Å². The molecule has 1 saturated heterocycles. The lowest BCUT2D eigenvalue weighted by Gasteiger charge is -2.34. The number of hydrogen-bond acceptors (Lipinski definition) is 5. The van der Waals surface area contributed by atoms with Crippen LogP contribution >= 0.6 is 0 Å². The molecule has 1 fully saturated rings. The van der Waals surface area contributed by atoms with Gasteiger partial charge < -0.3 is 14.4 Å². The van der Waals surface area contributed by atoms with Crippen LogP contribution in [0.3, 0.4) is 0 Å². The molecule has 1 N–H and O–H groups in total. The number of rotatable bonds is 4. The first-order valence-corrected chi connectivity index (χ1v) is 8.38. The normalized spacial score (nSPS) is 18.2. The van der Waals surface area contributed by atoms with Gasteiger partial charge in [0.1, 0.15) is 11.4 Å². The molecule has 1 atom stereocenters. The summed E-state index contributed by atoms with van der Waals surface area (Å²) in [5, 5.41) is 10.4. The van der Waals surface area contributed by atoms with Crippen molar-refractivity contribution < 1.29 is 19.5 Å². The van der Waals surface area contributed by atoms with E-state index in [4.69, 9.17) is 9.47 Å². The Hall–Kier alpha value is -1.95. The summed E-state index contributed by atoms with van der Waals surface area (Å²) >= 11 is 0. The van der Waals surface area contributed by atoms with Gasteiger partial charge in [-0.15, -0.1) is 0 Å². The Bertz CT molecular complexity index is 537. The monoisotopic (exact) mass is 336 g/mol. The topological polar surface area (TPSA) is 62.2 Å². The summed E-state index contributed by atoms with van der Waals surface area (Å²) in [5.74, 6) is 1.06. The molecule has 1 heterocycles. The molecule has 1 aromatic rings. The van der Waals surface area contributed by atoms with E-state index in [2.05, 4.69) is 0 Å². The Morgan fingerprint density at radius 3 is 2.58 bits per heavy atom. The number of hydrogen-bond donors (Lipinski definition) is 1. The molecule has 1 unspecified atom stereocenters. The molecular formula is C18H28N2O4. The van der Waals surface area contributed by atoms with E-state index in [1.54, 1.807) is 24.1 Å². The predicted octanol–water partition coefficient (Wildman–Crippen LogP) is 3.54. The number of likely N-dealkylation sites (tertiary alicyclic amines) is 1. The fraction of sp³-hybridized carbons (Fsp3) is 0.611. The van der Waals surface area contributed by atoms with Crippen LogP contribution < -0.4 is 9.80 Å². The molecule has 0 aromatic heterocycles. The molecule has 0 bridgehead atoms. The summed E-state index contributed by atoms with van der Waals surface area (Å²) in [6, 6.07) is 7.25. The molecule has 0 saturated carbocycles. The van der Waals surface area contributed by atoms with Gasteiger partial charge in [0.25, 0.3) is 0 Å². The molecule has 1 aromatic carbocycles. The smallest absolute Gasteiger partial charge is 0.410 e. The zero-order chi connectivity index (χ0) is 17.7. The molecule has 0 spiro atoms. The van der Waals surface area contributed by atoms with Crippen LogP contribution in [0.5, 0.6) is 5.75 Å². The summed E-state index contributed by atoms with van der Waals surface area (Å²) in [5.41, 5.74) is 0.235. The maximum Gasteiger partial charge on any atom is 0.410 e. The number of hydroxylamine groups is 1. The van der Waals surface area contributed by atoms with Crippen molar-refractivity contribution in [3.63, 3.8) is 0 Å². The van der Waals surface area contributed by atoms with Crippen LogP contribution in [0.2, 0.25) is 0 Å². The zero-order valence-corrected chi connectivity index (χ0v) is 15.0. The van der Waals surface area contributed by atoms with E-state index in [0.29, 0.717) is 24.8 Å². The van der Waals surface area contributed by atoms with Gasteiger partial charge in [0, 0.05) is 26.1 Å². The van der Waals surface area contributed by atoms with Crippen LogP contribution in [0.4, 0.5) is 10.5 Å². The van der Waals surface area contributed by atoms with Crippen LogP contribution in [0, 0.1) is 5.92 Å². The van der Waals surface area contributed by atoms with Crippen LogP contribution in [0.25, 0.3) is 0 Å². The molecule has 0 radical (unpaired) electrons. The highest BCUT2D eigenvalue weighted by Gasteiger charge is 2.27. The summed E-state index contributed by atoms with van der Waals surface area (Å²) in [6.07, 6.45) is 1.75. The van der Waals surface area contributed by atoms with Gasteiger partial charge in [-0.2, -0.15) is 0 Å². The third kappa shape index (κ3) is 5.60. The molecule has 0 aliphatic carbocycles. The first kappa shape index (κ1) is 18.4. The number of ether oxygens (including phenoxy) is 2. The summed E-state index contributed by atoms with van der Waals surface area (Å²) in [6.45, 7) is 7.59. The molecule has 24 heavy (non-hydrogen) atoms. The highest BCUT2D eigenvalue weighted by molar-refractivity contribution is 5.68. The van der Waals surface area contributed by atoms with Crippen LogP contribution in [-0.2, 0) is 4.74 Å². The summed E-state index contributed by atoms with van der Waals surface area (Å²) < 4.78 is 11.3. The molecular weight excluding hydrogens is 308 g/mol. The van der Waals surface area contributed by atoms with Gasteiger partial charge in [0.05, 0.1) is 12.3 Å². The van der Waals surface area contributed by atoms with Crippen molar-refractivity contribution in [3.8, 4) is 5.75 Å². The second-order valence-electron chi connectivity index (χ2n) is 7.26. The number of carbonyl (C=O) groups excluding carboxylic acids is 1. The van der Waals surface area contributed by atoms with Gasteiger partial charge in [-0.1, -0.05) is 0 Å². The average Bonchev–Trinajstić information content (AvgIpc) is 2.52. The molecule has 134 valence electrons. The predicted molar refractivity (Wildman–Crippen MR) is 92.7 cm³/mol. The Morgan fingerprint density at radius 2 is 2.00 bits per heavy atom. The van der Waals surface area contributed by atoms with Crippen molar-refractivity contribution >= 4 is 11.8 Å². The molecule has 2 rings (SSSR count). The summed E-state index contributed by atoms with van der Waals surface area (Å²) in [7, 11) is 1.57. The minimum Gasteiger partial charge on any atom is -0.493 e. The van der Waals surface area contributed by atoms with Crippen LogP contribution in [-0.4, -0.2) is 48.5 Å². The number of carbonyl (C=O) groups is 1. The van der Waals surface area contributed by atoms with E-state index in [0.717, 1.165) is 30.2 Å². The number of piperidine rings is 1. The third-order valence-corrected chi connectivity index (χ3v) is 3.87. The number of anilines is 1. The SMILES string of the molecule is CN(O)c1ccc(OCC2CCCN(C(=O)OC(C)(C)C)C2)cc1. The van der Waals surface area contributed by atoms with Crippen molar-refractivity contribution in [1.82, 2.24) is 4.90 Å². The Labute approximate surface area is 143 Å². The lowest BCUT2D eigenvalue weighted by atomic mass is 9.99. The first-order valence-electron chi connectivity index (χ1n) is 8.38. The van der Waals surface area contributed by atoms with E-state index < -0.39 is 5.60 Å². The average molecular weight is 336 g/mol. The fourth-order valence-corrected chi connectivity index (χ4v) is 2.67. The van der Waals surface area contributed by atoms with Gasteiger partial charge in [0.15, 0.2) is 0 Å². The van der Waals surface area contributed by atoms with Gasteiger partial charge in [-0.05, 0) is 57.9 Å². The second kappa shape index (κ2) is 7.75. The third-order valence-electron chi connectivity index (χ3n) is 3.87. The van der Waals surface area contributed by atoms with Gasteiger partial charge >= 0.3 is 6.09 Å². The molecule has 1 aliphatic heterocycles. The highest BCUT2D eigenvalue weighted by atomic mass is 16.6. The fourth-order valence-electron chi connectivity index (χ4n) is 2.67. The first-order chi connectivity index (χ1) is 11.2. The van der Waals surface area contributed by atoms with E-state index in [1.807, 2.05) is 32.9 Å². The van der Waals surface area contributed by atoms with Gasteiger partial charge in [-0.25, -0.2) is 4.79 Å². The largest absolute Gasteiger partial charge is 0.493 e. The summed E-state index contributed by atoms with van der Waals surface area (Å²) in [4.78, 5) is 13.9. The maximum absolute atomic E-state index is 12.2. The Kier molecular flexibility index (Phi) is 5.94. The van der Waals surface area contributed by atoms with Gasteiger partial charge in [0.2, 0.25) is 0 Å². The van der Waals surface area contributed by atoms with Crippen molar-refractivity contribution in [3.05, 3.63) is 24.3 Å². The van der Waals surface area contributed by atoms with E-state index >= 15 is 0 Å². The lowest BCUT2D eigenvalue weighted by Crippen LogP contribution is -2.44. The maximum atomic E-state index is 12.2. The van der Waals surface area contributed by atoms with Crippen molar-refractivity contribution in [1.29, 1.82) is 0 Å². The standard InChI is InChI=1S/C18H28N2O4/c1-18(2,3)24-17(21)20-11-5-6-14(12-20)13-23-16-9-7-15(8-10-16)19(4)22/h7-10,14,22H,5-6,11-13H2,1-4H3. The van der Waals surface area contributed by atoms with Crippen molar-refractivity contribution in [2.24, 2.45) is 5.92 Å². The Balaban J connectivity index is 1.83. The Morgan fingerprint density at radius 1 is 1.33 bits per heavy atom. The quantitative estimate of drug-likeness (QED) is 0.852. The van der Waals surface area contributed by atoms with E-state index in [9.17, 15) is 10.0 Å². The molecule has 6 heteroatoms. The molecule has 6 nitrogen and oxygen atoms in total. The molecule has 1 aliphatic rings. The van der Waals surface area contributed by atoms with Crippen molar-refractivity contribution in [2.45, 2.75) is 39.2 Å². The van der Waals surface area contributed by atoms with E-state index in [-0.39, 0.29) is 6.09 Å². The van der Waals surface area contributed by atoms with E-state index in [1.165, 1.54) is 0 Å². The minimum absolute atomic E-state index is 0.248. The number of nitrogens with zero attached hydrogens (tertiary/aromatic N) is 2. The lowest BCUT2D eigenvalue weighted by molar-refractivity contribution is 0.0139.